The summed E-state index contributed by atoms with van der Waals surface area (Å²) < 4.78 is 0. The van der Waals surface area contributed by atoms with Gasteiger partial charge in [-0.1, -0.05) is 6.07 Å². The van der Waals surface area contributed by atoms with Gasteiger partial charge in [0.05, 0.1) is 0 Å². The molecule has 1 heterocycles. The summed E-state index contributed by atoms with van der Waals surface area (Å²) in [4.78, 5) is 24.2. The van der Waals surface area contributed by atoms with Crippen molar-refractivity contribution in [2.24, 2.45) is 5.92 Å². The van der Waals surface area contributed by atoms with Crippen LogP contribution in [-0.2, 0) is 4.79 Å². The number of benzene rings is 1. The molecule has 2 unspecified atom stereocenters. The Labute approximate surface area is 125 Å². The van der Waals surface area contributed by atoms with Crippen LogP contribution < -0.4 is 16.0 Å². The Morgan fingerprint density at radius 2 is 2.10 bits per heavy atom. The predicted octanol–water partition coefficient (Wildman–Crippen LogP) is 1.68. The summed E-state index contributed by atoms with van der Waals surface area (Å²) in [5.41, 5.74) is 2.11. The highest BCUT2D eigenvalue weighted by atomic mass is 16.2. The molecule has 1 aromatic rings. The van der Waals surface area contributed by atoms with Gasteiger partial charge in [0.1, 0.15) is 0 Å². The summed E-state index contributed by atoms with van der Waals surface area (Å²) in [6.45, 7) is 4.82. The molecule has 1 aliphatic heterocycles. The fraction of sp³-hybridized carbons (Fsp3) is 0.500. The molecule has 2 rings (SSSR count). The Morgan fingerprint density at radius 3 is 2.76 bits per heavy atom. The highest BCUT2D eigenvalue weighted by Gasteiger charge is 2.25. The highest BCUT2D eigenvalue weighted by Crippen LogP contribution is 2.22. The summed E-state index contributed by atoms with van der Waals surface area (Å²) in [7, 11) is 1.60. The van der Waals surface area contributed by atoms with Crippen LogP contribution in [0.2, 0.25) is 0 Å². The summed E-state index contributed by atoms with van der Waals surface area (Å²) in [6.07, 6.45) is 1.70. The van der Waals surface area contributed by atoms with Crippen LogP contribution in [0.3, 0.4) is 0 Å². The van der Waals surface area contributed by atoms with Crippen molar-refractivity contribution in [1.82, 2.24) is 10.6 Å². The molecular formula is C16H23N3O2. The van der Waals surface area contributed by atoms with E-state index < -0.39 is 0 Å². The molecule has 0 radical (unpaired) electrons. The van der Waals surface area contributed by atoms with Crippen molar-refractivity contribution in [2.75, 3.05) is 18.9 Å². The third-order valence-electron chi connectivity index (χ3n) is 4.06. The van der Waals surface area contributed by atoms with E-state index in [2.05, 4.69) is 22.9 Å². The topological polar surface area (TPSA) is 70.2 Å². The summed E-state index contributed by atoms with van der Waals surface area (Å²) >= 11 is 0. The van der Waals surface area contributed by atoms with E-state index in [9.17, 15) is 9.59 Å². The van der Waals surface area contributed by atoms with Gasteiger partial charge < -0.3 is 16.0 Å². The first-order chi connectivity index (χ1) is 10.0. The Bertz CT molecular complexity index is 542. The van der Waals surface area contributed by atoms with Crippen molar-refractivity contribution in [2.45, 2.75) is 32.7 Å². The fourth-order valence-electron chi connectivity index (χ4n) is 2.76. The molecule has 5 nitrogen and oxygen atoms in total. The Balaban J connectivity index is 2.12. The molecule has 2 atom stereocenters. The summed E-state index contributed by atoms with van der Waals surface area (Å²) in [5.74, 6) is -0.0658. The maximum atomic E-state index is 12.4. The third-order valence-corrected chi connectivity index (χ3v) is 4.06. The molecule has 0 saturated carbocycles. The monoisotopic (exact) mass is 289 g/mol. The van der Waals surface area contributed by atoms with Crippen LogP contribution in [0.1, 0.15) is 35.7 Å². The summed E-state index contributed by atoms with van der Waals surface area (Å²) in [6, 6.07) is 5.76. The smallest absolute Gasteiger partial charge is 0.251 e. The van der Waals surface area contributed by atoms with E-state index >= 15 is 0 Å². The first kappa shape index (κ1) is 15.5. The number of hydrogen-bond acceptors (Lipinski definition) is 3. The van der Waals surface area contributed by atoms with Crippen LogP contribution in [0, 0.1) is 12.8 Å². The second-order valence-corrected chi connectivity index (χ2v) is 5.62. The van der Waals surface area contributed by atoms with Crippen LogP contribution in [0.5, 0.6) is 0 Å². The van der Waals surface area contributed by atoms with E-state index in [0.717, 1.165) is 24.9 Å². The van der Waals surface area contributed by atoms with Gasteiger partial charge in [0.2, 0.25) is 5.91 Å². The Morgan fingerprint density at radius 1 is 1.33 bits per heavy atom. The van der Waals surface area contributed by atoms with Crippen LogP contribution in [0.25, 0.3) is 0 Å². The van der Waals surface area contributed by atoms with Gasteiger partial charge >= 0.3 is 0 Å². The minimum absolute atomic E-state index is 0.0318. The zero-order valence-electron chi connectivity index (χ0n) is 12.8. The lowest BCUT2D eigenvalue weighted by molar-refractivity contribution is -0.120. The molecule has 21 heavy (non-hydrogen) atoms. The molecule has 3 N–H and O–H groups in total. The van der Waals surface area contributed by atoms with Crippen molar-refractivity contribution < 1.29 is 9.59 Å². The summed E-state index contributed by atoms with van der Waals surface area (Å²) in [5, 5.41) is 8.93. The lowest BCUT2D eigenvalue weighted by Gasteiger charge is -2.27. The van der Waals surface area contributed by atoms with Crippen LogP contribution in [0.15, 0.2) is 18.2 Å². The average molecular weight is 289 g/mol. The van der Waals surface area contributed by atoms with Crippen molar-refractivity contribution in [1.29, 1.82) is 0 Å². The van der Waals surface area contributed by atoms with E-state index in [1.54, 1.807) is 19.2 Å². The van der Waals surface area contributed by atoms with Gasteiger partial charge in [-0.3, -0.25) is 9.59 Å². The second kappa shape index (κ2) is 6.72. The molecular weight excluding hydrogens is 266 g/mol. The standard InChI is InChI=1S/C16H23N3O2/c1-10-9-12(7-8-18-10)15(20)19-14-6-4-5-13(11(14)2)16(21)17-3/h4-6,10,12,18H,7-9H2,1-3H3,(H,17,21)(H,19,20). The highest BCUT2D eigenvalue weighted by molar-refractivity contribution is 5.99. The number of rotatable bonds is 3. The number of piperidine rings is 1. The average Bonchev–Trinajstić information content (AvgIpc) is 2.48. The Kier molecular flexibility index (Phi) is 4.96. The molecule has 1 fully saturated rings. The molecule has 1 saturated heterocycles. The van der Waals surface area contributed by atoms with E-state index in [4.69, 9.17) is 0 Å². The van der Waals surface area contributed by atoms with Gasteiger partial charge in [0.25, 0.3) is 5.91 Å². The lowest BCUT2D eigenvalue weighted by Crippen LogP contribution is -2.40. The van der Waals surface area contributed by atoms with Crippen LogP contribution in [0.4, 0.5) is 5.69 Å². The lowest BCUT2D eigenvalue weighted by atomic mass is 9.92. The van der Waals surface area contributed by atoms with Gasteiger partial charge in [-0.15, -0.1) is 0 Å². The number of carbonyl (C=O) groups excluding carboxylic acids is 2. The normalized spacial score (nSPS) is 21.7. The Hall–Kier alpha value is -1.88. The molecule has 0 aromatic heterocycles. The zero-order valence-corrected chi connectivity index (χ0v) is 12.8. The second-order valence-electron chi connectivity index (χ2n) is 5.62. The number of amides is 2. The third kappa shape index (κ3) is 3.61. The van der Waals surface area contributed by atoms with Crippen molar-refractivity contribution >= 4 is 17.5 Å². The van der Waals surface area contributed by atoms with E-state index in [-0.39, 0.29) is 17.7 Å². The predicted molar refractivity (Wildman–Crippen MR) is 83.4 cm³/mol. The molecule has 0 aliphatic carbocycles. The quantitative estimate of drug-likeness (QED) is 0.793. The number of carbonyl (C=O) groups is 2. The van der Waals surface area contributed by atoms with Gasteiger partial charge in [-0.2, -0.15) is 0 Å². The largest absolute Gasteiger partial charge is 0.355 e. The number of anilines is 1. The van der Waals surface area contributed by atoms with Crippen molar-refractivity contribution in [3.05, 3.63) is 29.3 Å². The molecule has 0 bridgehead atoms. The number of nitrogens with one attached hydrogen (secondary N) is 3. The molecule has 2 amide bonds. The zero-order chi connectivity index (χ0) is 15.4. The van der Waals surface area contributed by atoms with E-state index in [0.29, 0.717) is 17.3 Å². The van der Waals surface area contributed by atoms with Gasteiger partial charge in [-0.25, -0.2) is 0 Å². The molecule has 0 spiro atoms. The minimum atomic E-state index is -0.140. The van der Waals surface area contributed by atoms with Crippen molar-refractivity contribution in [3.8, 4) is 0 Å². The fourth-order valence-corrected chi connectivity index (χ4v) is 2.76. The van der Waals surface area contributed by atoms with Gasteiger partial charge in [-0.05, 0) is 50.9 Å². The van der Waals surface area contributed by atoms with Crippen molar-refractivity contribution in [3.63, 3.8) is 0 Å². The minimum Gasteiger partial charge on any atom is -0.355 e. The van der Waals surface area contributed by atoms with Gasteiger partial charge in [0.15, 0.2) is 0 Å². The van der Waals surface area contributed by atoms with Crippen LogP contribution >= 0.6 is 0 Å². The molecule has 114 valence electrons. The first-order valence-corrected chi connectivity index (χ1v) is 7.39. The molecule has 1 aromatic carbocycles. The van der Waals surface area contributed by atoms with Crippen LogP contribution in [-0.4, -0.2) is 31.4 Å². The molecule has 1 aliphatic rings. The first-order valence-electron chi connectivity index (χ1n) is 7.39. The van der Waals surface area contributed by atoms with Gasteiger partial charge in [0, 0.05) is 30.3 Å². The molecule has 5 heteroatoms. The van der Waals surface area contributed by atoms with E-state index in [1.165, 1.54) is 0 Å². The maximum Gasteiger partial charge on any atom is 0.251 e. The van der Waals surface area contributed by atoms with E-state index in [1.807, 2.05) is 13.0 Å². The SMILES string of the molecule is CNC(=O)c1cccc(NC(=O)C2CCNC(C)C2)c1C. The number of hydrogen-bond donors (Lipinski definition) is 3. The maximum absolute atomic E-state index is 12.4.